The summed E-state index contributed by atoms with van der Waals surface area (Å²) in [6, 6.07) is 8.61. The molecule has 1 aliphatic heterocycles. The number of benzene rings is 1. The van der Waals surface area contributed by atoms with Gasteiger partial charge >= 0.3 is 0 Å². The lowest BCUT2D eigenvalue weighted by Crippen LogP contribution is -2.47. The Morgan fingerprint density at radius 1 is 1.16 bits per heavy atom. The van der Waals surface area contributed by atoms with Crippen LogP contribution in [0.2, 0.25) is 0 Å². The Balaban J connectivity index is 1.59. The Labute approximate surface area is 159 Å². The third-order valence-corrected chi connectivity index (χ3v) is 5.47. The molecule has 0 bridgehead atoms. The summed E-state index contributed by atoms with van der Waals surface area (Å²) in [5.41, 5.74) is 2.69. The van der Waals surface area contributed by atoms with Crippen LogP contribution in [0.4, 0.5) is 10.8 Å². The number of para-hydroxylation sites is 1. The number of aromatic nitrogens is 2. The van der Waals surface area contributed by atoms with Crippen molar-refractivity contribution in [1.82, 2.24) is 14.7 Å². The average Bonchev–Trinajstić information content (AvgIpc) is 2.86. The molecule has 0 saturated carbocycles. The predicted molar refractivity (Wildman–Crippen MR) is 109 cm³/mol. The Kier molecular flexibility index (Phi) is 5.46. The van der Waals surface area contributed by atoms with Crippen molar-refractivity contribution in [3.63, 3.8) is 0 Å². The molecule has 25 heavy (non-hydrogen) atoms. The van der Waals surface area contributed by atoms with E-state index in [9.17, 15) is 0 Å². The Morgan fingerprint density at radius 2 is 1.84 bits per heavy atom. The maximum absolute atomic E-state index is 5.49. The lowest BCUT2D eigenvalue weighted by molar-refractivity contribution is 0.195. The summed E-state index contributed by atoms with van der Waals surface area (Å²) in [7, 11) is 0. The van der Waals surface area contributed by atoms with Crippen LogP contribution in [0.5, 0.6) is 0 Å². The van der Waals surface area contributed by atoms with Crippen LogP contribution < -0.4 is 10.2 Å². The summed E-state index contributed by atoms with van der Waals surface area (Å²) in [6.45, 7) is 13.5. The van der Waals surface area contributed by atoms with Gasteiger partial charge in [0.15, 0.2) is 3.95 Å². The highest BCUT2D eigenvalue weighted by atomic mass is 32.1. The Hall–Kier alpha value is -1.44. The van der Waals surface area contributed by atoms with Gasteiger partial charge in [-0.2, -0.15) is 0 Å². The number of piperazine rings is 1. The topological polar surface area (TPSA) is 36.3 Å². The van der Waals surface area contributed by atoms with E-state index < -0.39 is 0 Å². The molecule has 1 fully saturated rings. The van der Waals surface area contributed by atoms with E-state index in [0.29, 0.717) is 0 Å². The van der Waals surface area contributed by atoms with Gasteiger partial charge in [0.25, 0.3) is 0 Å². The van der Waals surface area contributed by atoms with Crippen molar-refractivity contribution in [3.8, 4) is 0 Å². The highest BCUT2D eigenvalue weighted by Gasteiger charge is 2.20. The van der Waals surface area contributed by atoms with Crippen molar-refractivity contribution in [3.05, 3.63) is 33.8 Å². The van der Waals surface area contributed by atoms with Gasteiger partial charge in [-0.05, 0) is 51.5 Å². The largest absolute Gasteiger partial charge is 0.369 e. The van der Waals surface area contributed by atoms with Crippen LogP contribution >= 0.6 is 23.6 Å². The number of hydrogen-bond acceptors (Lipinski definition) is 6. The molecule has 1 aromatic heterocycles. The first-order valence-electron chi connectivity index (χ1n) is 8.71. The first kappa shape index (κ1) is 18.4. The fraction of sp³-hybridized carbons (Fsp3) is 0.556. The van der Waals surface area contributed by atoms with E-state index in [2.05, 4.69) is 72.2 Å². The second-order valence-corrected chi connectivity index (χ2v) is 9.20. The van der Waals surface area contributed by atoms with Crippen molar-refractivity contribution < 1.29 is 0 Å². The number of anilines is 2. The maximum atomic E-state index is 5.49. The van der Waals surface area contributed by atoms with E-state index >= 15 is 0 Å². The van der Waals surface area contributed by atoms with Crippen molar-refractivity contribution in [2.75, 3.05) is 36.4 Å². The first-order valence-corrected chi connectivity index (χ1v) is 9.93. The van der Waals surface area contributed by atoms with Gasteiger partial charge in [0.1, 0.15) is 0 Å². The third kappa shape index (κ3) is 4.80. The average molecular weight is 378 g/mol. The van der Waals surface area contributed by atoms with Crippen LogP contribution in [0.1, 0.15) is 26.3 Å². The number of nitrogens with zero attached hydrogens (tertiary/aromatic N) is 4. The van der Waals surface area contributed by atoms with E-state index in [1.54, 1.807) is 11.3 Å². The predicted octanol–water partition coefficient (Wildman–Crippen LogP) is 3.97. The number of nitrogens with one attached hydrogen (secondary N) is 1. The van der Waals surface area contributed by atoms with Gasteiger partial charge in [-0.1, -0.05) is 29.5 Å². The molecular weight excluding hydrogens is 350 g/mol. The molecular formula is C18H27N5S2. The highest BCUT2D eigenvalue weighted by molar-refractivity contribution is 7.73. The van der Waals surface area contributed by atoms with Crippen molar-refractivity contribution in [1.29, 1.82) is 0 Å². The van der Waals surface area contributed by atoms with Crippen LogP contribution in [-0.4, -0.2) is 46.4 Å². The molecule has 5 nitrogen and oxygen atoms in total. The Bertz CT molecular complexity index is 766. The molecule has 3 rings (SSSR count). The first-order chi connectivity index (χ1) is 11.8. The summed E-state index contributed by atoms with van der Waals surface area (Å²) < 4.78 is 2.77. The van der Waals surface area contributed by atoms with E-state index in [1.165, 1.54) is 11.3 Å². The van der Waals surface area contributed by atoms with Gasteiger partial charge in [-0.3, -0.25) is 4.90 Å². The monoisotopic (exact) mass is 377 g/mol. The third-order valence-electron chi connectivity index (χ3n) is 4.25. The summed E-state index contributed by atoms with van der Waals surface area (Å²) in [5, 5.41) is 8.95. The van der Waals surface area contributed by atoms with Crippen molar-refractivity contribution >= 4 is 34.4 Å². The minimum Gasteiger partial charge on any atom is -0.369 e. The van der Waals surface area contributed by atoms with Gasteiger partial charge in [-0.15, -0.1) is 5.10 Å². The number of hydrogen-bond donors (Lipinski definition) is 1. The fourth-order valence-corrected chi connectivity index (χ4v) is 4.21. The molecule has 136 valence electrons. The van der Waals surface area contributed by atoms with Crippen molar-refractivity contribution in [2.24, 2.45) is 0 Å². The summed E-state index contributed by atoms with van der Waals surface area (Å²) >= 11 is 7.04. The van der Waals surface area contributed by atoms with Crippen LogP contribution in [0, 0.1) is 10.9 Å². The quantitative estimate of drug-likeness (QED) is 0.816. The molecule has 0 atom stereocenters. The second kappa shape index (κ2) is 7.43. The molecule has 7 heteroatoms. The molecule has 0 spiro atoms. The molecule has 2 aromatic rings. The van der Waals surface area contributed by atoms with Gasteiger partial charge in [0, 0.05) is 37.4 Å². The molecule has 1 N–H and O–H groups in total. The van der Waals surface area contributed by atoms with Crippen LogP contribution in [0.3, 0.4) is 0 Å². The summed E-state index contributed by atoms with van der Waals surface area (Å²) in [5.74, 6) is 0. The zero-order valence-electron chi connectivity index (χ0n) is 15.5. The standard InChI is InChI=1S/C18H27N5S2/c1-14-7-5-6-8-15(14)22-11-9-21(10-12-22)13-23-17(24)25-16(20-23)19-18(2,3)4/h5-8H,9-13H2,1-4H3,(H,19,20). The van der Waals surface area contributed by atoms with Crippen LogP contribution in [-0.2, 0) is 6.67 Å². The van der Waals surface area contributed by atoms with E-state index in [4.69, 9.17) is 12.2 Å². The van der Waals surface area contributed by atoms with Crippen molar-refractivity contribution in [2.45, 2.75) is 39.9 Å². The highest BCUT2D eigenvalue weighted by Crippen LogP contribution is 2.22. The molecule has 0 unspecified atom stereocenters. The number of aryl methyl sites for hydroxylation is 1. The molecule has 0 radical (unpaired) electrons. The zero-order chi connectivity index (χ0) is 18.0. The van der Waals surface area contributed by atoms with Gasteiger partial charge in [0.05, 0.1) is 6.67 Å². The summed E-state index contributed by atoms with van der Waals surface area (Å²) in [4.78, 5) is 4.89. The lowest BCUT2D eigenvalue weighted by Gasteiger charge is -2.36. The fourth-order valence-electron chi connectivity index (χ4n) is 3.00. The molecule has 0 amide bonds. The van der Waals surface area contributed by atoms with E-state index in [-0.39, 0.29) is 5.54 Å². The van der Waals surface area contributed by atoms with E-state index in [1.807, 2.05) is 4.68 Å². The van der Waals surface area contributed by atoms with E-state index in [0.717, 1.165) is 41.9 Å². The summed E-state index contributed by atoms with van der Waals surface area (Å²) in [6.07, 6.45) is 0. The molecule has 1 aromatic carbocycles. The van der Waals surface area contributed by atoms with Gasteiger partial charge in [0.2, 0.25) is 5.13 Å². The lowest BCUT2D eigenvalue weighted by atomic mass is 10.1. The number of rotatable bonds is 4. The zero-order valence-corrected chi connectivity index (χ0v) is 17.1. The molecule has 1 aliphatic rings. The van der Waals surface area contributed by atoms with Gasteiger partial charge < -0.3 is 10.2 Å². The smallest absolute Gasteiger partial charge is 0.205 e. The minimum atomic E-state index is -0.00335. The second-order valence-electron chi connectivity index (χ2n) is 7.58. The maximum Gasteiger partial charge on any atom is 0.205 e. The Morgan fingerprint density at radius 3 is 2.48 bits per heavy atom. The normalized spacial score (nSPS) is 16.2. The minimum absolute atomic E-state index is 0.00335. The van der Waals surface area contributed by atoms with Crippen LogP contribution in [0.25, 0.3) is 0 Å². The SMILES string of the molecule is Cc1ccccc1N1CCN(Cn2nc(NC(C)(C)C)sc2=S)CC1. The molecule has 0 aliphatic carbocycles. The molecule has 1 saturated heterocycles. The van der Waals surface area contributed by atoms with Crippen LogP contribution in [0.15, 0.2) is 24.3 Å². The molecule has 2 heterocycles. The van der Waals surface area contributed by atoms with Gasteiger partial charge in [-0.25, -0.2) is 4.68 Å².